The molecule has 10 nitrogen and oxygen atoms in total. The van der Waals surface area contributed by atoms with E-state index in [0.717, 1.165) is 30.7 Å². The molecule has 2 N–H and O–H groups in total. The number of hydrogen-bond acceptors (Lipinski definition) is 7. The van der Waals surface area contributed by atoms with Crippen molar-refractivity contribution in [2.24, 2.45) is 13.0 Å². The third-order valence-corrected chi connectivity index (χ3v) is 5.89. The Hall–Kier alpha value is -2.79. The van der Waals surface area contributed by atoms with E-state index >= 15 is 0 Å². The first-order chi connectivity index (χ1) is 15.1. The first-order valence-corrected chi connectivity index (χ1v) is 11.4. The molecular formula is C21H32N6O4S. The van der Waals surface area contributed by atoms with Crippen LogP contribution in [0.1, 0.15) is 47.7 Å². The van der Waals surface area contributed by atoms with E-state index in [9.17, 15) is 19.7 Å². The van der Waals surface area contributed by atoms with E-state index in [-0.39, 0.29) is 23.7 Å². The zero-order valence-electron chi connectivity index (χ0n) is 19.3. The van der Waals surface area contributed by atoms with E-state index in [1.807, 2.05) is 14.1 Å². The Morgan fingerprint density at radius 1 is 1.34 bits per heavy atom. The number of hydrogen-bond donors (Lipinski definition) is 2. The fourth-order valence-corrected chi connectivity index (χ4v) is 4.05. The number of aryl methyl sites for hydroxylation is 2. The first kappa shape index (κ1) is 25.5. The molecule has 0 saturated heterocycles. The summed E-state index contributed by atoms with van der Waals surface area (Å²) in [6.07, 6.45) is 4.01. The molecule has 0 radical (unpaired) electrons. The standard InChI is InChI=1S/C21H32N6O4S/c1-14(2)7-8-18-16(12-19(28)22-9-6-10-25(3)4)23-21(32-18)24-20(29)17-11-15(27(30)31)13-26(17)5/h11,13-14H,6-10,12H2,1-5H3,(H,22,28)(H,23,24,29). The highest BCUT2D eigenvalue weighted by Gasteiger charge is 2.21. The van der Waals surface area contributed by atoms with E-state index in [1.54, 1.807) is 7.05 Å². The maximum atomic E-state index is 12.6. The van der Waals surface area contributed by atoms with Gasteiger partial charge >= 0.3 is 0 Å². The number of thiazole rings is 1. The van der Waals surface area contributed by atoms with Crippen LogP contribution in [0.25, 0.3) is 0 Å². The largest absolute Gasteiger partial charge is 0.356 e. The van der Waals surface area contributed by atoms with Crippen LogP contribution in [0.2, 0.25) is 0 Å². The Morgan fingerprint density at radius 3 is 2.66 bits per heavy atom. The van der Waals surface area contributed by atoms with Crippen LogP contribution < -0.4 is 10.6 Å². The maximum absolute atomic E-state index is 12.6. The van der Waals surface area contributed by atoms with Crippen LogP contribution >= 0.6 is 11.3 Å². The highest BCUT2D eigenvalue weighted by atomic mass is 32.1. The van der Waals surface area contributed by atoms with Crippen LogP contribution in [0.15, 0.2) is 12.3 Å². The quantitative estimate of drug-likeness (QED) is 0.283. The number of rotatable bonds is 12. The van der Waals surface area contributed by atoms with E-state index in [0.29, 0.717) is 23.3 Å². The van der Waals surface area contributed by atoms with Gasteiger partial charge in [-0.1, -0.05) is 13.8 Å². The van der Waals surface area contributed by atoms with Gasteiger partial charge in [0.25, 0.3) is 11.6 Å². The SMILES string of the molecule is CC(C)CCc1sc(NC(=O)c2cc([N+](=O)[O-])cn2C)nc1CC(=O)NCCCN(C)C. The lowest BCUT2D eigenvalue weighted by Gasteiger charge is -2.10. The lowest BCUT2D eigenvalue weighted by Crippen LogP contribution is -2.28. The Balaban J connectivity index is 2.10. The Labute approximate surface area is 192 Å². The van der Waals surface area contributed by atoms with E-state index in [1.165, 1.54) is 28.2 Å². The van der Waals surface area contributed by atoms with Crippen LogP contribution in [0.3, 0.4) is 0 Å². The molecule has 2 heterocycles. The lowest BCUT2D eigenvalue weighted by atomic mass is 10.1. The van der Waals surface area contributed by atoms with Crippen molar-refractivity contribution in [3.8, 4) is 0 Å². The number of carbonyl (C=O) groups is 2. The zero-order chi connectivity index (χ0) is 23.8. The summed E-state index contributed by atoms with van der Waals surface area (Å²) in [4.78, 5) is 43.0. The fourth-order valence-electron chi connectivity index (χ4n) is 3.06. The van der Waals surface area contributed by atoms with Gasteiger partial charge < -0.3 is 14.8 Å². The summed E-state index contributed by atoms with van der Waals surface area (Å²) in [5.41, 5.74) is 0.672. The second kappa shape index (κ2) is 11.7. The van der Waals surface area contributed by atoms with Gasteiger partial charge in [0.1, 0.15) is 5.69 Å². The second-order valence-corrected chi connectivity index (χ2v) is 9.49. The van der Waals surface area contributed by atoms with Crippen LogP contribution in [-0.2, 0) is 24.7 Å². The molecule has 0 atom stereocenters. The number of nitrogens with one attached hydrogen (secondary N) is 2. The molecule has 0 aliphatic carbocycles. The van der Waals surface area contributed by atoms with Gasteiger partial charge in [0.05, 0.1) is 23.2 Å². The normalized spacial score (nSPS) is 11.2. The molecule has 2 aromatic rings. The number of amides is 2. The first-order valence-electron chi connectivity index (χ1n) is 10.6. The third kappa shape index (κ3) is 7.72. The molecule has 0 saturated carbocycles. The number of nitro groups is 1. The molecule has 176 valence electrons. The van der Waals surface area contributed by atoms with Gasteiger partial charge in [-0.15, -0.1) is 11.3 Å². The molecule has 0 aromatic carbocycles. The third-order valence-electron chi connectivity index (χ3n) is 4.81. The zero-order valence-corrected chi connectivity index (χ0v) is 20.1. The number of anilines is 1. The van der Waals surface area contributed by atoms with Gasteiger partial charge in [-0.3, -0.25) is 25.0 Å². The Kier molecular flexibility index (Phi) is 9.33. The van der Waals surface area contributed by atoms with Gasteiger partial charge in [-0.05, 0) is 45.8 Å². The second-order valence-electron chi connectivity index (χ2n) is 8.41. The minimum atomic E-state index is -0.542. The summed E-state index contributed by atoms with van der Waals surface area (Å²) in [6.45, 7) is 5.74. The smallest absolute Gasteiger partial charge is 0.287 e. The maximum Gasteiger partial charge on any atom is 0.287 e. The van der Waals surface area contributed by atoms with Gasteiger partial charge in [0, 0.05) is 24.5 Å². The molecule has 0 fully saturated rings. The average molecular weight is 465 g/mol. The highest BCUT2D eigenvalue weighted by molar-refractivity contribution is 7.15. The molecule has 2 amide bonds. The molecule has 0 bridgehead atoms. The molecular weight excluding hydrogens is 432 g/mol. The van der Waals surface area contributed by atoms with Crippen molar-refractivity contribution >= 4 is 34.0 Å². The van der Waals surface area contributed by atoms with Crippen LogP contribution in [0.5, 0.6) is 0 Å². The summed E-state index contributed by atoms with van der Waals surface area (Å²) in [5.74, 6) is -0.0907. The van der Waals surface area contributed by atoms with Crippen molar-refractivity contribution in [2.45, 2.75) is 39.5 Å². The molecule has 0 aliphatic heterocycles. The summed E-state index contributed by atoms with van der Waals surface area (Å²) >= 11 is 1.34. The van der Waals surface area contributed by atoms with E-state index in [4.69, 9.17) is 0 Å². The molecule has 32 heavy (non-hydrogen) atoms. The molecule has 11 heteroatoms. The van der Waals surface area contributed by atoms with Gasteiger partial charge in [0.2, 0.25) is 5.91 Å². The monoisotopic (exact) mass is 464 g/mol. The summed E-state index contributed by atoms with van der Waals surface area (Å²) in [6, 6.07) is 1.23. The number of nitrogens with zero attached hydrogens (tertiary/aromatic N) is 4. The topological polar surface area (TPSA) is 122 Å². The Morgan fingerprint density at radius 2 is 2.06 bits per heavy atom. The lowest BCUT2D eigenvalue weighted by molar-refractivity contribution is -0.384. The van der Waals surface area contributed by atoms with Crippen molar-refractivity contribution in [1.82, 2.24) is 19.8 Å². The van der Waals surface area contributed by atoms with Crippen LogP contribution in [-0.4, -0.2) is 58.4 Å². The van der Waals surface area contributed by atoms with Gasteiger partial charge in [0.15, 0.2) is 5.13 Å². The summed E-state index contributed by atoms with van der Waals surface area (Å²) < 4.78 is 1.41. The van der Waals surface area contributed by atoms with E-state index < -0.39 is 10.8 Å². The van der Waals surface area contributed by atoms with Crippen LogP contribution in [0, 0.1) is 16.0 Å². The van der Waals surface area contributed by atoms with Crippen molar-refractivity contribution in [3.05, 3.63) is 38.6 Å². The minimum Gasteiger partial charge on any atom is -0.356 e. The molecule has 0 spiro atoms. The average Bonchev–Trinajstić information content (AvgIpc) is 3.26. The van der Waals surface area contributed by atoms with Crippen molar-refractivity contribution in [1.29, 1.82) is 0 Å². The summed E-state index contributed by atoms with van der Waals surface area (Å²) in [7, 11) is 5.55. The van der Waals surface area contributed by atoms with Gasteiger partial charge in [-0.25, -0.2) is 4.98 Å². The predicted molar refractivity (Wildman–Crippen MR) is 125 cm³/mol. The van der Waals surface area contributed by atoms with Gasteiger partial charge in [-0.2, -0.15) is 0 Å². The van der Waals surface area contributed by atoms with Crippen molar-refractivity contribution in [2.75, 3.05) is 32.5 Å². The number of aromatic nitrogens is 2. The predicted octanol–water partition coefficient (Wildman–Crippen LogP) is 2.84. The minimum absolute atomic E-state index is 0.101. The molecule has 2 rings (SSSR count). The fraction of sp³-hybridized carbons (Fsp3) is 0.571. The van der Waals surface area contributed by atoms with E-state index in [2.05, 4.69) is 34.4 Å². The van der Waals surface area contributed by atoms with Crippen molar-refractivity contribution < 1.29 is 14.5 Å². The number of carbonyl (C=O) groups excluding carboxylic acids is 2. The molecule has 0 aliphatic rings. The Bertz CT molecular complexity index is 950. The van der Waals surface area contributed by atoms with Crippen LogP contribution in [0.4, 0.5) is 10.8 Å². The summed E-state index contributed by atoms with van der Waals surface area (Å²) in [5, 5.41) is 17.0. The highest BCUT2D eigenvalue weighted by Crippen LogP contribution is 2.27. The van der Waals surface area contributed by atoms with Crippen molar-refractivity contribution in [3.63, 3.8) is 0 Å². The molecule has 0 unspecified atom stereocenters. The molecule has 2 aromatic heterocycles.